The van der Waals surface area contributed by atoms with Crippen molar-refractivity contribution < 1.29 is 28.2 Å². The molecule has 3 N–H and O–H groups in total. The zero-order chi connectivity index (χ0) is 24.4. The molecule has 0 radical (unpaired) electrons. The van der Waals surface area contributed by atoms with E-state index < -0.39 is 42.3 Å². The first-order chi connectivity index (χ1) is 15.7. The molecule has 0 bridgehead atoms. The smallest absolute Gasteiger partial charge is 0.330 e. The van der Waals surface area contributed by atoms with Crippen molar-refractivity contribution in [3.8, 4) is 0 Å². The molecule has 11 nitrogen and oxygen atoms in total. The summed E-state index contributed by atoms with van der Waals surface area (Å²) in [5.41, 5.74) is -1.14. The van der Waals surface area contributed by atoms with E-state index in [4.69, 9.17) is 30.3 Å². The van der Waals surface area contributed by atoms with Crippen LogP contribution < -0.4 is 16.6 Å². The maximum absolute atomic E-state index is 12.4. The summed E-state index contributed by atoms with van der Waals surface area (Å²) in [5.74, 6) is -0.471. The molecule has 0 aromatic carbocycles. The second-order valence-electron chi connectivity index (χ2n) is 7.61. The molecule has 1 amide bonds. The number of aromatic nitrogens is 2. The Balaban J connectivity index is 2.19. The molecular weight excluding hydrogens is 473 g/mol. The first kappa shape index (κ1) is 27.6. The Kier molecular flexibility index (Phi) is 11.1. The average molecular weight is 506 g/mol. The highest BCUT2D eigenvalue weighted by Crippen LogP contribution is 2.50. The number of amides is 1. The van der Waals surface area contributed by atoms with Crippen molar-refractivity contribution in [2.45, 2.75) is 51.0 Å². The second kappa shape index (κ2) is 13.3. The zero-order valence-corrected chi connectivity index (χ0v) is 20.7. The number of hydrogen-bond donors (Lipinski definition) is 3. The largest absolute Gasteiger partial charge is 0.382 e. The predicted molar refractivity (Wildman–Crippen MR) is 125 cm³/mol. The van der Waals surface area contributed by atoms with E-state index in [2.05, 4.69) is 10.3 Å². The summed E-state index contributed by atoms with van der Waals surface area (Å²) in [4.78, 5) is 47.4. The van der Waals surface area contributed by atoms with E-state index >= 15 is 0 Å². The Morgan fingerprint density at radius 2 is 2.12 bits per heavy atom. The fraction of sp³-hybridized carbons (Fsp3) is 0.650. The normalized spacial score (nSPS) is 24.7. The molecule has 1 fully saturated rings. The number of nitrogens with one attached hydrogen (secondary N) is 2. The van der Waals surface area contributed by atoms with Gasteiger partial charge in [-0.2, -0.15) is 0 Å². The lowest BCUT2D eigenvalue weighted by atomic mass is 9.95. The van der Waals surface area contributed by atoms with Gasteiger partial charge in [0.15, 0.2) is 0 Å². The molecule has 33 heavy (non-hydrogen) atoms. The highest BCUT2D eigenvalue weighted by Gasteiger charge is 2.48. The van der Waals surface area contributed by atoms with Crippen LogP contribution in [0.1, 0.15) is 38.8 Å². The van der Waals surface area contributed by atoms with Gasteiger partial charge in [0, 0.05) is 45.9 Å². The third kappa shape index (κ3) is 8.56. The Bertz CT molecular complexity index is 965. The fourth-order valence-corrected chi connectivity index (χ4v) is 4.59. The van der Waals surface area contributed by atoms with Gasteiger partial charge in [-0.1, -0.05) is 12.2 Å². The van der Waals surface area contributed by atoms with Crippen molar-refractivity contribution in [2.75, 3.05) is 27.4 Å². The predicted octanol–water partition coefficient (Wildman–Crippen LogP) is 1.20. The molecule has 186 valence electrons. The van der Waals surface area contributed by atoms with Gasteiger partial charge in [-0.15, -0.1) is 0 Å². The van der Waals surface area contributed by atoms with Crippen LogP contribution in [0.2, 0.25) is 0 Å². The average Bonchev–Trinajstić information content (AvgIpc) is 3.06. The molecule has 1 saturated heterocycles. The number of carbonyl (C=O) groups excluding carboxylic acids is 1. The van der Waals surface area contributed by atoms with E-state index in [0.717, 1.165) is 19.3 Å². The summed E-state index contributed by atoms with van der Waals surface area (Å²) in [6.45, 7) is -1.28. The second-order valence-corrected chi connectivity index (χ2v) is 10.5. The standard InChI is InChI=1S/C20H32N3O8PS/c1-14(24)21-11-8-6-4-5-7-9-15-18(31-32(27,33)29-3)16(13-28-2)30-19(15)23-12-10-17(25)22-20(23)26/h5,7,10,12,15-16,18-19H,4,6,8-9,11,13H2,1-3H3,(H,21,24)(H,27,33)(H,22,25,26)/b7-5+/t15-,16+,18?,19+,32?/m0/s1. The van der Waals surface area contributed by atoms with E-state index in [0.29, 0.717) is 13.0 Å². The lowest BCUT2D eigenvalue weighted by Crippen LogP contribution is -2.35. The Hall–Kier alpha value is -1.66. The minimum Gasteiger partial charge on any atom is -0.382 e. The number of allylic oxidation sites excluding steroid dienone is 2. The Morgan fingerprint density at radius 1 is 1.36 bits per heavy atom. The lowest BCUT2D eigenvalue weighted by Gasteiger charge is -2.26. The molecule has 0 spiro atoms. The fourth-order valence-electron chi connectivity index (χ4n) is 3.61. The molecule has 1 aliphatic rings. The third-order valence-electron chi connectivity index (χ3n) is 5.16. The SMILES string of the molecule is COC[C@H]1O[C@@H](n2ccc(=O)[nH]c2=O)[C@@H](C/C=C/CCCCNC(C)=O)C1OP(O)(=S)OC. The molecule has 0 aliphatic carbocycles. The number of nitrogens with zero attached hydrogens (tertiary/aromatic N) is 1. The van der Waals surface area contributed by atoms with Gasteiger partial charge in [0.2, 0.25) is 5.91 Å². The third-order valence-corrected chi connectivity index (χ3v) is 6.83. The van der Waals surface area contributed by atoms with Gasteiger partial charge in [-0.25, -0.2) is 4.79 Å². The summed E-state index contributed by atoms with van der Waals surface area (Å²) in [6.07, 6.45) is 6.21. The van der Waals surface area contributed by atoms with Gasteiger partial charge in [0.05, 0.1) is 6.61 Å². The van der Waals surface area contributed by atoms with Gasteiger partial charge in [-0.05, 0) is 37.5 Å². The molecule has 1 aromatic heterocycles. The van der Waals surface area contributed by atoms with Crippen LogP contribution in [0.5, 0.6) is 0 Å². The molecule has 2 heterocycles. The van der Waals surface area contributed by atoms with E-state index in [1.807, 2.05) is 12.2 Å². The monoisotopic (exact) mass is 505 g/mol. The summed E-state index contributed by atoms with van der Waals surface area (Å²) < 4.78 is 23.3. The minimum atomic E-state index is -3.53. The number of aromatic amines is 1. The van der Waals surface area contributed by atoms with Crippen LogP contribution in [0.15, 0.2) is 34.0 Å². The molecular formula is C20H32N3O8PS. The van der Waals surface area contributed by atoms with Crippen LogP contribution >= 0.6 is 6.72 Å². The molecule has 5 atom stereocenters. The number of unbranched alkanes of at least 4 members (excludes halogenated alkanes) is 2. The molecule has 13 heteroatoms. The van der Waals surface area contributed by atoms with Crippen molar-refractivity contribution in [3.63, 3.8) is 0 Å². The van der Waals surface area contributed by atoms with Gasteiger partial charge in [-0.3, -0.25) is 19.1 Å². The lowest BCUT2D eigenvalue weighted by molar-refractivity contribution is -0.118. The summed E-state index contributed by atoms with van der Waals surface area (Å²) in [7, 11) is 2.77. The topological polar surface area (TPSA) is 141 Å². The van der Waals surface area contributed by atoms with Crippen molar-refractivity contribution in [1.29, 1.82) is 0 Å². The van der Waals surface area contributed by atoms with Crippen molar-refractivity contribution in [1.82, 2.24) is 14.9 Å². The number of rotatable bonds is 13. The Morgan fingerprint density at radius 3 is 2.76 bits per heavy atom. The summed E-state index contributed by atoms with van der Waals surface area (Å²) in [5, 5.41) is 2.76. The van der Waals surface area contributed by atoms with Crippen LogP contribution in [0, 0.1) is 5.92 Å². The summed E-state index contributed by atoms with van der Waals surface area (Å²) in [6, 6.07) is 1.23. The zero-order valence-electron chi connectivity index (χ0n) is 19.0. The van der Waals surface area contributed by atoms with E-state index in [-0.39, 0.29) is 12.5 Å². The number of methoxy groups -OCH3 is 1. The van der Waals surface area contributed by atoms with Gasteiger partial charge in [0.25, 0.3) is 5.56 Å². The van der Waals surface area contributed by atoms with Crippen LogP contribution in [0.3, 0.4) is 0 Å². The van der Waals surface area contributed by atoms with E-state index in [9.17, 15) is 19.3 Å². The van der Waals surface area contributed by atoms with Crippen LogP contribution in [0.4, 0.5) is 0 Å². The van der Waals surface area contributed by atoms with Crippen molar-refractivity contribution in [3.05, 3.63) is 45.3 Å². The Labute approximate surface area is 197 Å². The maximum Gasteiger partial charge on any atom is 0.330 e. The molecule has 1 aliphatic heterocycles. The first-order valence-corrected chi connectivity index (χ1v) is 13.2. The van der Waals surface area contributed by atoms with Crippen LogP contribution in [0.25, 0.3) is 0 Å². The van der Waals surface area contributed by atoms with Crippen LogP contribution in [-0.2, 0) is 35.1 Å². The van der Waals surface area contributed by atoms with E-state index in [1.54, 1.807) is 0 Å². The maximum atomic E-state index is 12.4. The number of carbonyl (C=O) groups is 1. The van der Waals surface area contributed by atoms with E-state index in [1.165, 1.54) is 38.0 Å². The van der Waals surface area contributed by atoms with Crippen molar-refractivity contribution in [2.24, 2.45) is 5.92 Å². The minimum absolute atomic E-state index is 0.0485. The number of hydrogen-bond acceptors (Lipinski definition) is 8. The highest BCUT2D eigenvalue weighted by molar-refractivity contribution is 8.07. The first-order valence-electron chi connectivity index (χ1n) is 10.6. The quantitative estimate of drug-likeness (QED) is 0.205. The van der Waals surface area contributed by atoms with Crippen molar-refractivity contribution >= 4 is 24.4 Å². The van der Waals surface area contributed by atoms with Gasteiger partial charge in [0.1, 0.15) is 18.4 Å². The molecule has 2 unspecified atom stereocenters. The van der Waals surface area contributed by atoms with Gasteiger partial charge >= 0.3 is 12.4 Å². The highest BCUT2D eigenvalue weighted by atomic mass is 32.5. The molecule has 2 rings (SSSR count). The molecule has 0 saturated carbocycles. The summed E-state index contributed by atoms with van der Waals surface area (Å²) >= 11 is 5.04. The van der Waals surface area contributed by atoms with Gasteiger partial charge < -0.3 is 28.7 Å². The number of ether oxygens (including phenoxy) is 2. The van der Waals surface area contributed by atoms with Crippen LogP contribution in [-0.4, -0.2) is 59.9 Å². The molecule has 1 aromatic rings. The number of H-pyrrole nitrogens is 1.